The molecule has 1 aliphatic rings. The Morgan fingerprint density at radius 2 is 1.78 bits per heavy atom. The van der Waals surface area contributed by atoms with Gasteiger partial charge >= 0.3 is 11.9 Å². The Labute approximate surface area is 295 Å². The van der Waals surface area contributed by atoms with Crippen LogP contribution in [0.1, 0.15) is 69.8 Å². The number of hydrogen-bond acceptors (Lipinski definition) is 10. The third kappa shape index (κ3) is 7.73. The third-order valence-electron chi connectivity index (χ3n) is 8.25. The molecule has 0 aliphatic carbocycles. The van der Waals surface area contributed by atoms with Crippen molar-refractivity contribution in [3.8, 4) is 17.2 Å². The van der Waals surface area contributed by atoms with Gasteiger partial charge in [0, 0.05) is 5.56 Å². The standard InChI is InChI=1S/C39H40N2O8S/c1-6-8-11-21-47-30-19-16-27(22-31(30)46-5)33-32(34(42)26-14-17-29(18-15-26)49-23-28-13-10-9-12-24(28)3)35(43)37(44)41(33)39-40-25(4)36(50-39)38(45)48-20-7-2/h7,9-10,12-19,22,33,42H,2,6,8,11,20-21,23H2,1,3-5H3/b34-32+. The molecule has 3 aromatic carbocycles. The lowest BCUT2D eigenvalue weighted by Gasteiger charge is -2.24. The van der Waals surface area contributed by atoms with Crippen molar-refractivity contribution in [2.45, 2.75) is 52.7 Å². The topological polar surface area (TPSA) is 124 Å². The zero-order valence-electron chi connectivity index (χ0n) is 28.6. The smallest absolute Gasteiger partial charge is 0.350 e. The predicted octanol–water partition coefficient (Wildman–Crippen LogP) is 7.89. The van der Waals surface area contributed by atoms with E-state index in [4.69, 9.17) is 18.9 Å². The minimum Gasteiger partial charge on any atom is -0.507 e. The fourth-order valence-electron chi connectivity index (χ4n) is 5.53. The zero-order valence-corrected chi connectivity index (χ0v) is 29.4. The van der Waals surface area contributed by atoms with Gasteiger partial charge < -0.3 is 24.1 Å². The summed E-state index contributed by atoms with van der Waals surface area (Å²) in [6.45, 7) is 10.2. The molecule has 0 spiro atoms. The van der Waals surface area contributed by atoms with E-state index in [0.29, 0.717) is 47.3 Å². The number of aryl methyl sites for hydroxylation is 2. The van der Waals surface area contributed by atoms with Crippen molar-refractivity contribution in [1.82, 2.24) is 4.98 Å². The fourth-order valence-corrected chi connectivity index (χ4v) is 6.51. The van der Waals surface area contributed by atoms with E-state index >= 15 is 0 Å². The number of Topliss-reactive ketones (excluding diaryl/α,β-unsaturated/α-hetero) is 1. The largest absolute Gasteiger partial charge is 0.507 e. The average Bonchev–Trinajstić information content (AvgIpc) is 3.64. The first kappa shape index (κ1) is 35.9. The number of anilines is 1. The summed E-state index contributed by atoms with van der Waals surface area (Å²) in [4.78, 5) is 46.3. The van der Waals surface area contributed by atoms with Crippen LogP contribution in [-0.4, -0.2) is 48.1 Å². The molecule has 1 N–H and O–H groups in total. The maximum absolute atomic E-state index is 13.8. The van der Waals surface area contributed by atoms with Gasteiger partial charge in [-0.05, 0) is 73.4 Å². The molecule has 4 aromatic rings. The number of amides is 1. The van der Waals surface area contributed by atoms with Gasteiger partial charge in [-0.3, -0.25) is 14.5 Å². The Kier molecular flexibility index (Phi) is 11.7. The lowest BCUT2D eigenvalue weighted by Crippen LogP contribution is -2.29. The number of unbranched alkanes of at least 4 members (excludes halogenated alkanes) is 2. The Bertz CT molecular complexity index is 1910. The van der Waals surface area contributed by atoms with Crippen molar-refractivity contribution in [2.24, 2.45) is 0 Å². The predicted molar refractivity (Wildman–Crippen MR) is 192 cm³/mol. The van der Waals surface area contributed by atoms with Gasteiger partial charge in [-0.25, -0.2) is 9.78 Å². The highest BCUT2D eigenvalue weighted by Crippen LogP contribution is 2.45. The van der Waals surface area contributed by atoms with Crippen LogP contribution in [0.4, 0.5) is 5.13 Å². The van der Waals surface area contributed by atoms with E-state index < -0.39 is 23.7 Å². The van der Waals surface area contributed by atoms with Gasteiger partial charge in [0.25, 0.3) is 5.78 Å². The molecule has 1 amide bonds. The number of aliphatic hydroxyl groups is 1. The Morgan fingerprint density at radius 1 is 1.02 bits per heavy atom. The maximum Gasteiger partial charge on any atom is 0.350 e. The van der Waals surface area contributed by atoms with Crippen LogP contribution in [0, 0.1) is 13.8 Å². The number of aliphatic hydroxyl groups excluding tert-OH is 1. The molecule has 260 valence electrons. The fraction of sp³-hybridized carbons (Fsp3) is 0.282. The van der Waals surface area contributed by atoms with Crippen LogP contribution in [-0.2, 0) is 20.9 Å². The number of nitrogens with zero attached hydrogens (tertiary/aromatic N) is 2. The van der Waals surface area contributed by atoms with Crippen molar-refractivity contribution in [1.29, 1.82) is 0 Å². The molecule has 1 fully saturated rings. The van der Waals surface area contributed by atoms with Crippen LogP contribution >= 0.6 is 11.3 Å². The molecule has 1 atom stereocenters. The summed E-state index contributed by atoms with van der Waals surface area (Å²) < 4.78 is 22.8. The average molecular weight is 697 g/mol. The lowest BCUT2D eigenvalue weighted by molar-refractivity contribution is -0.132. The highest BCUT2D eigenvalue weighted by Gasteiger charge is 2.48. The van der Waals surface area contributed by atoms with E-state index in [1.165, 1.54) is 18.1 Å². The van der Waals surface area contributed by atoms with E-state index in [1.807, 2.05) is 31.2 Å². The Morgan fingerprint density at radius 3 is 2.48 bits per heavy atom. The van der Waals surface area contributed by atoms with E-state index in [1.54, 1.807) is 49.4 Å². The second-order valence-electron chi connectivity index (χ2n) is 11.7. The molecule has 1 aromatic heterocycles. The normalized spacial score (nSPS) is 15.2. The molecule has 0 bridgehead atoms. The summed E-state index contributed by atoms with van der Waals surface area (Å²) in [5.74, 6) is -1.36. The number of ether oxygens (including phenoxy) is 4. The molecule has 10 nitrogen and oxygen atoms in total. The van der Waals surface area contributed by atoms with Crippen LogP contribution in [0.5, 0.6) is 17.2 Å². The van der Waals surface area contributed by atoms with Crippen molar-refractivity contribution >= 4 is 39.9 Å². The van der Waals surface area contributed by atoms with Crippen LogP contribution < -0.4 is 19.1 Å². The summed E-state index contributed by atoms with van der Waals surface area (Å²) in [7, 11) is 1.50. The SMILES string of the molecule is C=CCOC(=O)c1sc(N2C(=O)C(=O)/C(=C(/O)c3ccc(OCc4ccccc4C)cc3)C2c2ccc(OCCCCC)c(OC)c2)nc1C. The van der Waals surface area contributed by atoms with Gasteiger partial charge in [-0.15, -0.1) is 0 Å². The van der Waals surface area contributed by atoms with Gasteiger partial charge in [0.2, 0.25) is 0 Å². The van der Waals surface area contributed by atoms with Gasteiger partial charge in [0.1, 0.15) is 29.6 Å². The Hall–Kier alpha value is -5.42. The number of benzene rings is 3. The minimum absolute atomic E-state index is 0.00158. The second-order valence-corrected chi connectivity index (χ2v) is 12.7. The molecule has 5 rings (SSSR count). The molecule has 2 heterocycles. The lowest BCUT2D eigenvalue weighted by atomic mass is 9.95. The van der Waals surface area contributed by atoms with Crippen LogP contribution in [0.15, 0.2) is 85.0 Å². The maximum atomic E-state index is 13.8. The third-order valence-corrected chi connectivity index (χ3v) is 9.38. The summed E-state index contributed by atoms with van der Waals surface area (Å²) in [6.07, 6.45) is 4.38. The Balaban J connectivity index is 1.55. The van der Waals surface area contributed by atoms with Crippen LogP contribution in [0.2, 0.25) is 0 Å². The number of methoxy groups -OCH3 is 1. The number of rotatable bonds is 15. The number of esters is 1. The number of aromatic nitrogens is 1. The van der Waals surface area contributed by atoms with Crippen molar-refractivity contribution in [3.05, 3.63) is 118 Å². The molecule has 1 aliphatic heterocycles. The zero-order chi connectivity index (χ0) is 35.8. The summed E-state index contributed by atoms with van der Waals surface area (Å²) in [6, 6.07) is 18.6. The van der Waals surface area contributed by atoms with E-state index in [-0.39, 0.29) is 27.9 Å². The number of carbonyl (C=O) groups is 3. The van der Waals surface area contributed by atoms with Crippen LogP contribution in [0.3, 0.4) is 0 Å². The monoisotopic (exact) mass is 696 g/mol. The van der Waals surface area contributed by atoms with E-state index in [0.717, 1.165) is 41.7 Å². The first-order valence-electron chi connectivity index (χ1n) is 16.3. The van der Waals surface area contributed by atoms with Crippen molar-refractivity contribution in [2.75, 3.05) is 25.2 Å². The molecule has 0 saturated carbocycles. The molecule has 50 heavy (non-hydrogen) atoms. The molecule has 1 unspecified atom stereocenters. The molecule has 1 saturated heterocycles. The number of ketones is 1. The van der Waals surface area contributed by atoms with Gasteiger partial charge in [0.15, 0.2) is 16.6 Å². The van der Waals surface area contributed by atoms with Gasteiger partial charge in [0.05, 0.1) is 31.0 Å². The molecular weight excluding hydrogens is 657 g/mol. The van der Waals surface area contributed by atoms with Gasteiger partial charge in [-0.1, -0.05) is 74.1 Å². The first-order chi connectivity index (χ1) is 24.2. The van der Waals surface area contributed by atoms with Gasteiger partial charge in [-0.2, -0.15) is 0 Å². The summed E-state index contributed by atoms with van der Waals surface area (Å²) in [5.41, 5.74) is 3.10. The summed E-state index contributed by atoms with van der Waals surface area (Å²) in [5, 5.41) is 11.8. The molecular formula is C39H40N2O8S. The van der Waals surface area contributed by atoms with E-state index in [9.17, 15) is 19.5 Å². The number of carbonyl (C=O) groups excluding carboxylic acids is 3. The van der Waals surface area contributed by atoms with Crippen molar-refractivity contribution in [3.63, 3.8) is 0 Å². The summed E-state index contributed by atoms with van der Waals surface area (Å²) >= 11 is 0.921. The quantitative estimate of drug-likeness (QED) is 0.0330. The highest BCUT2D eigenvalue weighted by atomic mass is 32.1. The minimum atomic E-state index is -1.11. The molecule has 0 radical (unpaired) electrons. The van der Waals surface area contributed by atoms with Crippen LogP contribution in [0.25, 0.3) is 5.76 Å². The van der Waals surface area contributed by atoms with E-state index in [2.05, 4.69) is 18.5 Å². The highest BCUT2D eigenvalue weighted by molar-refractivity contribution is 7.17. The second kappa shape index (κ2) is 16.3. The number of thiazole rings is 1. The first-order valence-corrected chi connectivity index (χ1v) is 17.1. The van der Waals surface area contributed by atoms with Crippen molar-refractivity contribution < 1.29 is 38.4 Å². The molecule has 11 heteroatoms. The number of hydrogen-bond donors (Lipinski definition) is 1.